The predicted molar refractivity (Wildman–Crippen MR) is 81.0 cm³/mol. The summed E-state index contributed by atoms with van der Waals surface area (Å²) in [6.07, 6.45) is 3.49. The van der Waals surface area contributed by atoms with E-state index in [-0.39, 0.29) is 0 Å². The number of piperazine rings is 1. The first kappa shape index (κ1) is 13.3. The summed E-state index contributed by atoms with van der Waals surface area (Å²) in [6, 6.07) is 1.83. The second-order valence-electron chi connectivity index (χ2n) is 4.79. The second-order valence-corrected chi connectivity index (χ2v) is 5.58. The Morgan fingerprint density at radius 2 is 1.95 bits per heavy atom. The molecule has 3 heterocycles. The number of nitrogens with zero attached hydrogens (tertiary/aromatic N) is 6. The molecule has 0 amide bonds. The number of hydrogen-bond donors (Lipinski definition) is 1. The molecule has 3 rings (SSSR count). The van der Waals surface area contributed by atoms with Crippen molar-refractivity contribution in [2.24, 2.45) is 0 Å². The number of nitrogens with two attached hydrogens (primary N) is 1. The molecule has 0 atom stereocenters. The van der Waals surface area contributed by atoms with Crippen LogP contribution in [0.2, 0.25) is 0 Å². The molecule has 0 aliphatic carbocycles. The molecular formula is C12H16BrN7. The van der Waals surface area contributed by atoms with Crippen LogP contribution < -0.4 is 10.6 Å². The van der Waals surface area contributed by atoms with Gasteiger partial charge in [0.05, 0.1) is 0 Å². The van der Waals surface area contributed by atoms with E-state index in [0.717, 1.165) is 36.5 Å². The Morgan fingerprint density at radius 1 is 1.20 bits per heavy atom. The van der Waals surface area contributed by atoms with Crippen molar-refractivity contribution < 1.29 is 0 Å². The Balaban J connectivity index is 1.97. The van der Waals surface area contributed by atoms with Crippen molar-refractivity contribution >= 4 is 27.6 Å². The van der Waals surface area contributed by atoms with Crippen LogP contribution >= 0.6 is 15.9 Å². The maximum absolute atomic E-state index is 5.99. The lowest BCUT2D eigenvalue weighted by molar-refractivity contribution is 0.312. The molecule has 2 aromatic heterocycles. The zero-order chi connectivity index (χ0) is 14.1. The van der Waals surface area contributed by atoms with Crippen molar-refractivity contribution in [3.05, 3.63) is 22.9 Å². The van der Waals surface area contributed by atoms with Gasteiger partial charge in [-0.15, -0.1) is 0 Å². The number of hydrogen-bond acceptors (Lipinski definition) is 6. The van der Waals surface area contributed by atoms with Gasteiger partial charge in [-0.3, -0.25) is 0 Å². The van der Waals surface area contributed by atoms with Crippen molar-refractivity contribution in [3.8, 4) is 5.95 Å². The van der Waals surface area contributed by atoms with Gasteiger partial charge in [-0.25, -0.2) is 4.68 Å². The van der Waals surface area contributed by atoms with Crippen LogP contribution in [-0.2, 0) is 0 Å². The van der Waals surface area contributed by atoms with E-state index in [1.165, 1.54) is 0 Å². The van der Waals surface area contributed by atoms with E-state index in [1.54, 1.807) is 17.1 Å². The Morgan fingerprint density at radius 3 is 2.60 bits per heavy atom. The highest BCUT2D eigenvalue weighted by molar-refractivity contribution is 9.10. The summed E-state index contributed by atoms with van der Waals surface area (Å²) >= 11 is 3.49. The Hall–Kier alpha value is -1.67. The highest BCUT2D eigenvalue weighted by atomic mass is 79.9. The largest absolute Gasteiger partial charge is 0.383 e. The average molecular weight is 338 g/mol. The van der Waals surface area contributed by atoms with E-state index >= 15 is 0 Å². The maximum atomic E-state index is 5.99. The molecule has 1 aliphatic heterocycles. The number of anilines is 2. The minimum absolute atomic E-state index is 0.430. The van der Waals surface area contributed by atoms with Crippen LogP contribution in [0.5, 0.6) is 0 Å². The van der Waals surface area contributed by atoms with Gasteiger partial charge in [0.2, 0.25) is 0 Å². The molecule has 0 bridgehead atoms. The van der Waals surface area contributed by atoms with Gasteiger partial charge in [0.1, 0.15) is 10.3 Å². The van der Waals surface area contributed by atoms with Crippen LogP contribution in [0.25, 0.3) is 5.95 Å². The summed E-state index contributed by atoms with van der Waals surface area (Å²) < 4.78 is 2.36. The average Bonchev–Trinajstić information content (AvgIpc) is 2.97. The number of aromatic nitrogens is 4. The molecule has 7 nitrogen and oxygen atoms in total. The van der Waals surface area contributed by atoms with Crippen molar-refractivity contribution in [2.75, 3.05) is 43.9 Å². The lowest BCUT2D eigenvalue weighted by Gasteiger charge is -2.33. The Kier molecular flexibility index (Phi) is 3.58. The number of likely N-dealkylation sites (N-methyl/N-ethyl adjacent to an activating group) is 1. The van der Waals surface area contributed by atoms with Crippen LogP contribution in [0.4, 0.5) is 11.6 Å². The summed E-state index contributed by atoms with van der Waals surface area (Å²) in [5.74, 6) is 1.75. The quantitative estimate of drug-likeness (QED) is 0.871. The molecule has 2 aromatic rings. The standard InChI is InChI=1S/C12H16BrN7/c1-18-5-7-19(8-6-18)11-9(13)10(14)16-12(17-11)20-4-2-3-15-20/h2-4H,5-8H2,1H3,(H2,14,16,17). The third-order valence-corrected chi connectivity index (χ3v) is 4.12. The first-order valence-electron chi connectivity index (χ1n) is 6.41. The molecule has 20 heavy (non-hydrogen) atoms. The zero-order valence-electron chi connectivity index (χ0n) is 11.2. The normalized spacial score (nSPS) is 16.6. The summed E-state index contributed by atoms with van der Waals surface area (Å²) in [4.78, 5) is 13.4. The summed E-state index contributed by atoms with van der Waals surface area (Å²) in [7, 11) is 2.12. The van der Waals surface area contributed by atoms with Gasteiger partial charge in [0, 0.05) is 38.6 Å². The predicted octanol–water partition coefficient (Wildman–Crippen LogP) is 0.759. The molecule has 0 unspecified atom stereocenters. The first-order valence-corrected chi connectivity index (χ1v) is 7.21. The van der Waals surface area contributed by atoms with Crippen molar-refractivity contribution in [1.82, 2.24) is 24.6 Å². The number of nitrogen functional groups attached to an aromatic ring is 1. The van der Waals surface area contributed by atoms with E-state index in [0.29, 0.717) is 11.8 Å². The van der Waals surface area contributed by atoms with Crippen molar-refractivity contribution in [2.45, 2.75) is 0 Å². The second kappa shape index (κ2) is 5.37. The van der Waals surface area contributed by atoms with Crippen LogP contribution in [-0.4, -0.2) is 57.9 Å². The van der Waals surface area contributed by atoms with Crippen LogP contribution in [0.3, 0.4) is 0 Å². The SMILES string of the molecule is CN1CCN(c2nc(-n3cccn3)nc(N)c2Br)CC1. The molecule has 1 saturated heterocycles. The van der Waals surface area contributed by atoms with E-state index < -0.39 is 0 Å². The molecule has 1 aliphatic rings. The van der Waals surface area contributed by atoms with E-state index in [1.807, 2.05) is 6.07 Å². The molecular weight excluding hydrogens is 322 g/mol. The highest BCUT2D eigenvalue weighted by Crippen LogP contribution is 2.29. The fraction of sp³-hybridized carbons (Fsp3) is 0.417. The third-order valence-electron chi connectivity index (χ3n) is 3.36. The lowest BCUT2D eigenvalue weighted by Crippen LogP contribution is -2.45. The number of halogens is 1. The minimum atomic E-state index is 0.430. The summed E-state index contributed by atoms with van der Waals surface area (Å²) in [6.45, 7) is 3.86. The van der Waals surface area contributed by atoms with Gasteiger partial charge in [0.15, 0.2) is 5.82 Å². The Labute approximate surface area is 125 Å². The minimum Gasteiger partial charge on any atom is -0.383 e. The number of rotatable bonds is 2. The van der Waals surface area contributed by atoms with Gasteiger partial charge in [0.25, 0.3) is 5.95 Å². The molecule has 1 fully saturated rings. The van der Waals surface area contributed by atoms with E-state index in [9.17, 15) is 0 Å². The molecule has 0 radical (unpaired) electrons. The molecule has 0 spiro atoms. The molecule has 8 heteroatoms. The van der Waals surface area contributed by atoms with E-state index in [4.69, 9.17) is 5.73 Å². The zero-order valence-corrected chi connectivity index (χ0v) is 12.8. The topological polar surface area (TPSA) is 76.1 Å². The summed E-state index contributed by atoms with van der Waals surface area (Å²) in [5, 5.41) is 4.15. The fourth-order valence-electron chi connectivity index (χ4n) is 2.16. The lowest BCUT2D eigenvalue weighted by atomic mass is 10.3. The molecule has 0 saturated carbocycles. The van der Waals surface area contributed by atoms with Gasteiger partial charge in [-0.05, 0) is 29.0 Å². The van der Waals surface area contributed by atoms with E-state index in [2.05, 4.69) is 47.8 Å². The maximum Gasteiger partial charge on any atom is 0.254 e. The molecule has 0 aromatic carbocycles. The van der Waals surface area contributed by atoms with Crippen LogP contribution in [0.1, 0.15) is 0 Å². The summed E-state index contributed by atoms with van der Waals surface area (Å²) in [5.41, 5.74) is 5.99. The van der Waals surface area contributed by atoms with Gasteiger partial charge >= 0.3 is 0 Å². The van der Waals surface area contributed by atoms with Crippen molar-refractivity contribution in [3.63, 3.8) is 0 Å². The van der Waals surface area contributed by atoms with Gasteiger partial charge < -0.3 is 15.5 Å². The Bertz CT molecular complexity index is 590. The van der Waals surface area contributed by atoms with Crippen LogP contribution in [0, 0.1) is 0 Å². The highest BCUT2D eigenvalue weighted by Gasteiger charge is 2.21. The molecule has 106 valence electrons. The van der Waals surface area contributed by atoms with Gasteiger partial charge in [-0.1, -0.05) is 0 Å². The van der Waals surface area contributed by atoms with Crippen molar-refractivity contribution in [1.29, 1.82) is 0 Å². The first-order chi connectivity index (χ1) is 9.65. The monoisotopic (exact) mass is 337 g/mol. The van der Waals surface area contributed by atoms with Crippen LogP contribution in [0.15, 0.2) is 22.9 Å². The van der Waals surface area contributed by atoms with Gasteiger partial charge in [-0.2, -0.15) is 15.1 Å². The molecule has 2 N–H and O–H groups in total. The fourth-order valence-corrected chi connectivity index (χ4v) is 2.59. The third kappa shape index (κ3) is 2.48. The smallest absolute Gasteiger partial charge is 0.254 e.